The fourth-order valence-electron chi connectivity index (χ4n) is 2.76. The van der Waals surface area contributed by atoms with E-state index in [1.807, 2.05) is 30.3 Å². The number of hydrogen-bond acceptors (Lipinski definition) is 3. The molecule has 0 saturated heterocycles. The lowest BCUT2D eigenvalue weighted by Gasteiger charge is -2.35. The second-order valence-electron chi connectivity index (χ2n) is 4.83. The van der Waals surface area contributed by atoms with E-state index in [1.165, 1.54) is 7.11 Å². The van der Waals surface area contributed by atoms with Crippen molar-refractivity contribution < 1.29 is 14.3 Å². The predicted octanol–water partition coefficient (Wildman–Crippen LogP) is 2.63. The Kier molecular flexibility index (Phi) is 3.80. The predicted molar refractivity (Wildman–Crippen MR) is 68.2 cm³/mol. The summed E-state index contributed by atoms with van der Waals surface area (Å²) in [5.74, 6) is -0.139. The molecule has 3 heteroatoms. The minimum Gasteiger partial charge on any atom is -0.469 e. The molecule has 0 amide bonds. The van der Waals surface area contributed by atoms with Gasteiger partial charge >= 0.3 is 5.97 Å². The Morgan fingerprint density at radius 2 is 2.00 bits per heavy atom. The highest BCUT2D eigenvalue weighted by Gasteiger charge is 2.43. The Morgan fingerprint density at radius 3 is 2.61 bits per heavy atom. The number of ether oxygens (including phenoxy) is 1. The van der Waals surface area contributed by atoms with E-state index in [4.69, 9.17) is 4.74 Å². The molecule has 3 nitrogen and oxygen atoms in total. The van der Waals surface area contributed by atoms with Gasteiger partial charge < -0.3 is 4.74 Å². The Morgan fingerprint density at radius 1 is 1.28 bits per heavy atom. The molecule has 96 valence electrons. The van der Waals surface area contributed by atoms with Crippen LogP contribution in [0.1, 0.15) is 37.7 Å². The molecule has 0 radical (unpaired) electrons. The van der Waals surface area contributed by atoms with Gasteiger partial charge in [-0.05, 0) is 18.4 Å². The summed E-state index contributed by atoms with van der Waals surface area (Å²) in [5.41, 5.74) is 0.284. The van der Waals surface area contributed by atoms with Crippen molar-refractivity contribution in [1.29, 1.82) is 0 Å². The first-order valence-electron chi connectivity index (χ1n) is 6.35. The van der Waals surface area contributed by atoms with E-state index in [0.29, 0.717) is 6.42 Å². The van der Waals surface area contributed by atoms with E-state index in [9.17, 15) is 9.59 Å². The Labute approximate surface area is 107 Å². The monoisotopic (exact) mass is 246 g/mol. The molecule has 0 aromatic heterocycles. The maximum absolute atomic E-state index is 12.4. The highest BCUT2D eigenvalue weighted by Crippen LogP contribution is 2.39. The highest BCUT2D eigenvalue weighted by atomic mass is 16.5. The van der Waals surface area contributed by atoms with Gasteiger partial charge in [0.2, 0.25) is 0 Å². The lowest BCUT2D eigenvalue weighted by Crippen LogP contribution is -2.40. The highest BCUT2D eigenvalue weighted by molar-refractivity contribution is 5.94. The number of ketones is 1. The molecule has 1 aromatic rings. The molecule has 1 unspecified atom stereocenters. The minimum atomic E-state index is -0.660. The molecule has 0 N–H and O–H groups in total. The Bertz CT molecular complexity index is 438. The second-order valence-corrected chi connectivity index (χ2v) is 4.83. The number of carbonyl (C=O) groups excluding carboxylic acids is 2. The van der Waals surface area contributed by atoms with Gasteiger partial charge in [-0.3, -0.25) is 9.59 Å². The van der Waals surface area contributed by atoms with Crippen molar-refractivity contribution in [2.24, 2.45) is 0 Å². The van der Waals surface area contributed by atoms with Crippen molar-refractivity contribution in [3.8, 4) is 0 Å². The molecule has 0 bridgehead atoms. The molecule has 1 saturated carbocycles. The van der Waals surface area contributed by atoms with Crippen LogP contribution in [-0.2, 0) is 19.7 Å². The molecule has 1 atom stereocenters. The Balaban J connectivity index is 2.39. The molecule has 0 heterocycles. The average molecular weight is 246 g/mol. The van der Waals surface area contributed by atoms with E-state index in [0.717, 1.165) is 24.8 Å². The standard InChI is InChI=1S/C15H18O3/c1-18-14(17)11-15(10-6-5-9-13(15)16)12-7-3-2-4-8-12/h2-4,7-8H,5-6,9-11H2,1H3. The van der Waals surface area contributed by atoms with E-state index in [2.05, 4.69) is 0 Å². The zero-order valence-corrected chi connectivity index (χ0v) is 10.6. The van der Waals surface area contributed by atoms with E-state index < -0.39 is 5.41 Å². The molecule has 1 fully saturated rings. The van der Waals surface area contributed by atoms with Crippen LogP contribution < -0.4 is 0 Å². The van der Waals surface area contributed by atoms with Crippen molar-refractivity contribution in [3.63, 3.8) is 0 Å². The van der Waals surface area contributed by atoms with Crippen molar-refractivity contribution in [1.82, 2.24) is 0 Å². The molecule has 1 aromatic carbocycles. The molecule has 1 aliphatic carbocycles. The van der Waals surface area contributed by atoms with Crippen molar-refractivity contribution in [2.75, 3.05) is 7.11 Å². The first-order chi connectivity index (χ1) is 8.69. The third kappa shape index (κ3) is 2.30. The van der Waals surface area contributed by atoms with E-state index in [1.54, 1.807) is 0 Å². The summed E-state index contributed by atoms with van der Waals surface area (Å²) in [6.45, 7) is 0. The summed E-state index contributed by atoms with van der Waals surface area (Å²) in [7, 11) is 1.37. The van der Waals surface area contributed by atoms with Crippen LogP contribution in [0.4, 0.5) is 0 Å². The molecular weight excluding hydrogens is 228 g/mol. The molecule has 18 heavy (non-hydrogen) atoms. The molecule has 2 rings (SSSR count). The average Bonchev–Trinajstić information content (AvgIpc) is 2.42. The van der Waals surface area contributed by atoms with E-state index >= 15 is 0 Å². The largest absolute Gasteiger partial charge is 0.469 e. The van der Waals surface area contributed by atoms with Gasteiger partial charge in [-0.2, -0.15) is 0 Å². The zero-order valence-electron chi connectivity index (χ0n) is 10.6. The smallest absolute Gasteiger partial charge is 0.306 e. The number of Topliss-reactive ketones (excluding diaryl/α,β-unsaturated/α-hetero) is 1. The maximum Gasteiger partial charge on any atom is 0.306 e. The summed E-state index contributed by atoms with van der Waals surface area (Å²) < 4.78 is 4.76. The van der Waals surface area contributed by atoms with Crippen LogP contribution in [0.3, 0.4) is 0 Å². The zero-order chi connectivity index (χ0) is 13.0. The summed E-state index contributed by atoms with van der Waals surface area (Å²) in [5, 5.41) is 0. The second kappa shape index (κ2) is 5.34. The number of rotatable bonds is 3. The third-order valence-corrected chi connectivity index (χ3v) is 3.79. The van der Waals surface area contributed by atoms with Crippen molar-refractivity contribution in [3.05, 3.63) is 35.9 Å². The van der Waals surface area contributed by atoms with Crippen LogP contribution in [-0.4, -0.2) is 18.9 Å². The fraction of sp³-hybridized carbons (Fsp3) is 0.467. The number of esters is 1. The van der Waals surface area contributed by atoms with Gasteiger partial charge in [-0.25, -0.2) is 0 Å². The van der Waals surface area contributed by atoms with Crippen LogP contribution in [0.15, 0.2) is 30.3 Å². The maximum atomic E-state index is 12.4. The quantitative estimate of drug-likeness (QED) is 0.770. The lowest BCUT2D eigenvalue weighted by molar-refractivity contribution is -0.145. The van der Waals surface area contributed by atoms with Gasteiger partial charge in [0.05, 0.1) is 18.9 Å². The van der Waals surface area contributed by atoms with Gasteiger partial charge in [0.25, 0.3) is 0 Å². The van der Waals surface area contributed by atoms with Gasteiger partial charge in [-0.1, -0.05) is 36.8 Å². The van der Waals surface area contributed by atoms with Crippen LogP contribution in [0.2, 0.25) is 0 Å². The van der Waals surface area contributed by atoms with Gasteiger partial charge in [0.1, 0.15) is 5.78 Å². The number of hydrogen-bond donors (Lipinski definition) is 0. The summed E-state index contributed by atoms with van der Waals surface area (Å²) >= 11 is 0. The van der Waals surface area contributed by atoms with Crippen LogP contribution in [0.5, 0.6) is 0 Å². The topological polar surface area (TPSA) is 43.4 Å². The molecule has 0 spiro atoms. The van der Waals surface area contributed by atoms with Gasteiger partial charge in [-0.15, -0.1) is 0 Å². The number of methoxy groups -OCH3 is 1. The Hall–Kier alpha value is -1.64. The lowest BCUT2D eigenvalue weighted by atomic mass is 9.66. The molecule has 1 aliphatic rings. The van der Waals surface area contributed by atoms with Crippen molar-refractivity contribution in [2.45, 2.75) is 37.5 Å². The van der Waals surface area contributed by atoms with Crippen LogP contribution in [0, 0.1) is 0 Å². The van der Waals surface area contributed by atoms with Gasteiger partial charge in [0.15, 0.2) is 0 Å². The SMILES string of the molecule is COC(=O)CC1(c2ccccc2)CCCCC1=O. The molecular formula is C15H18O3. The summed E-state index contributed by atoms with van der Waals surface area (Å²) in [4.78, 5) is 24.0. The van der Waals surface area contributed by atoms with Crippen LogP contribution in [0.25, 0.3) is 0 Å². The normalized spacial score (nSPS) is 23.7. The summed E-state index contributed by atoms with van der Waals surface area (Å²) in [6.07, 6.45) is 3.37. The number of carbonyl (C=O) groups is 2. The first-order valence-corrected chi connectivity index (χ1v) is 6.35. The third-order valence-electron chi connectivity index (χ3n) is 3.79. The van der Waals surface area contributed by atoms with Crippen molar-refractivity contribution >= 4 is 11.8 Å². The minimum absolute atomic E-state index is 0.159. The number of benzene rings is 1. The first kappa shape index (κ1) is 12.8. The fourth-order valence-corrected chi connectivity index (χ4v) is 2.76. The summed E-state index contributed by atoms with van der Waals surface area (Å²) in [6, 6.07) is 9.62. The van der Waals surface area contributed by atoms with Gasteiger partial charge in [0, 0.05) is 6.42 Å². The van der Waals surface area contributed by atoms with Crippen LogP contribution >= 0.6 is 0 Å². The molecule has 0 aliphatic heterocycles. The van der Waals surface area contributed by atoms with E-state index in [-0.39, 0.29) is 18.2 Å².